The first-order valence-corrected chi connectivity index (χ1v) is 8.23. The van der Waals surface area contributed by atoms with Gasteiger partial charge in [-0.3, -0.25) is 0 Å². The minimum Gasteiger partial charge on any atom is -0.0991 e. The van der Waals surface area contributed by atoms with Crippen LogP contribution in [0.5, 0.6) is 0 Å². The van der Waals surface area contributed by atoms with E-state index >= 15 is 0 Å². The maximum Gasteiger partial charge on any atom is -0.0239 e. The van der Waals surface area contributed by atoms with Crippen LogP contribution >= 0.6 is 0 Å². The van der Waals surface area contributed by atoms with Gasteiger partial charge in [0.2, 0.25) is 0 Å². The predicted molar refractivity (Wildman–Crippen MR) is 96.1 cm³/mol. The molecule has 0 radical (unpaired) electrons. The summed E-state index contributed by atoms with van der Waals surface area (Å²) in [5, 5.41) is 0. The molecule has 1 aliphatic rings. The Balaban J connectivity index is 0. The van der Waals surface area contributed by atoms with Gasteiger partial charge in [0.25, 0.3) is 0 Å². The molecule has 0 aromatic rings. The lowest BCUT2D eigenvalue weighted by Gasteiger charge is -2.16. The lowest BCUT2D eigenvalue weighted by molar-refractivity contribution is 0.621. The van der Waals surface area contributed by atoms with E-state index in [1.165, 1.54) is 36.8 Å². The lowest BCUT2D eigenvalue weighted by atomic mass is 9.90. The van der Waals surface area contributed by atoms with Gasteiger partial charge < -0.3 is 0 Å². The van der Waals surface area contributed by atoms with E-state index in [9.17, 15) is 0 Å². The van der Waals surface area contributed by atoms with Gasteiger partial charge in [-0.15, -0.1) is 0 Å². The number of allylic oxidation sites excluding steroid dienone is 7. The molecular weight excluding hydrogens is 240 g/mol. The molecule has 0 N–H and O–H groups in total. The third-order valence-electron chi connectivity index (χ3n) is 2.78. The summed E-state index contributed by atoms with van der Waals surface area (Å²) in [7, 11) is 0. The van der Waals surface area contributed by atoms with Gasteiger partial charge in [0.1, 0.15) is 0 Å². The molecule has 0 fully saturated rings. The van der Waals surface area contributed by atoms with Crippen molar-refractivity contribution in [2.45, 2.75) is 74.1 Å². The van der Waals surface area contributed by atoms with Crippen molar-refractivity contribution in [3.8, 4) is 0 Å². The van der Waals surface area contributed by atoms with Gasteiger partial charge in [0, 0.05) is 0 Å². The van der Waals surface area contributed by atoms with E-state index in [1.54, 1.807) is 5.57 Å². The number of hydrogen-bond donors (Lipinski definition) is 0. The molecule has 0 nitrogen and oxygen atoms in total. The Morgan fingerprint density at radius 2 is 1.75 bits per heavy atom. The minimum absolute atomic E-state index is 0.774. The van der Waals surface area contributed by atoms with E-state index in [0.717, 1.165) is 5.92 Å². The van der Waals surface area contributed by atoms with Crippen LogP contribution in [0, 0.1) is 5.92 Å². The van der Waals surface area contributed by atoms with Gasteiger partial charge >= 0.3 is 0 Å². The van der Waals surface area contributed by atoms with E-state index in [1.807, 2.05) is 19.9 Å². The van der Waals surface area contributed by atoms with Crippen LogP contribution in [0.2, 0.25) is 0 Å². The Bertz CT molecular complexity index is 324. The summed E-state index contributed by atoms with van der Waals surface area (Å²) < 4.78 is 0. The quantitative estimate of drug-likeness (QED) is 0.474. The molecule has 0 saturated heterocycles. The summed E-state index contributed by atoms with van der Waals surface area (Å²) >= 11 is 0. The van der Waals surface area contributed by atoms with E-state index in [4.69, 9.17) is 0 Å². The minimum atomic E-state index is 0.774. The van der Waals surface area contributed by atoms with E-state index in [2.05, 4.69) is 59.4 Å². The fourth-order valence-corrected chi connectivity index (χ4v) is 1.99. The molecule has 0 aromatic carbocycles. The number of rotatable bonds is 4. The Labute approximate surface area is 128 Å². The van der Waals surface area contributed by atoms with Crippen molar-refractivity contribution in [3.05, 3.63) is 47.6 Å². The predicted octanol–water partition coefficient (Wildman–Crippen LogP) is 7.25. The summed E-state index contributed by atoms with van der Waals surface area (Å²) in [6.07, 6.45) is 13.4. The Kier molecular flexibility index (Phi) is 15.3. The summed E-state index contributed by atoms with van der Waals surface area (Å²) in [5.41, 5.74) is 4.41. The fourth-order valence-electron chi connectivity index (χ4n) is 1.99. The van der Waals surface area contributed by atoms with Gasteiger partial charge in [-0.25, -0.2) is 0 Å². The molecule has 0 spiro atoms. The molecule has 0 bridgehead atoms. The average Bonchev–Trinajstić information content (AvgIpc) is 2.42. The standard InChI is InChI=1S/C15H22.C3H8.C2H6/c1-5-6-13(4)15-9-7-14(8-10-15)11-12(2)3;1-3-2;1-2/h5-7,9,12H,1,8,10-11H2,2-4H3;3H2,1-2H3;1-2H3/b13-6+;;. The average molecular weight is 277 g/mol. The van der Waals surface area contributed by atoms with Crippen LogP contribution in [0.15, 0.2) is 47.6 Å². The van der Waals surface area contributed by atoms with Crippen molar-refractivity contribution >= 4 is 0 Å². The second kappa shape index (κ2) is 14.4. The number of hydrogen-bond acceptors (Lipinski definition) is 0. The topological polar surface area (TPSA) is 0 Å². The molecule has 0 heterocycles. The van der Waals surface area contributed by atoms with Crippen molar-refractivity contribution < 1.29 is 0 Å². The first kappa shape index (κ1) is 21.3. The van der Waals surface area contributed by atoms with Crippen molar-refractivity contribution in [2.75, 3.05) is 0 Å². The maximum absolute atomic E-state index is 3.73. The van der Waals surface area contributed by atoms with Gasteiger partial charge in [0.15, 0.2) is 0 Å². The maximum atomic E-state index is 3.73. The zero-order chi connectivity index (χ0) is 16.0. The molecule has 0 unspecified atom stereocenters. The van der Waals surface area contributed by atoms with Gasteiger partial charge in [-0.1, -0.05) is 84.4 Å². The van der Waals surface area contributed by atoms with Crippen molar-refractivity contribution in [3.63, 3.8) is 0 Å². The molecule has 116 valence electrons. The molecule has 0 aromatic heterocycles. The molecule has 0 heteroatoms. The zero-order valence-corrected chi connectivity index (χ0v) is 14.9. The van der Waals surface area contributed by atoms with Crippen LogP contribution in [0.3, 0.4) is 0 Å². The first-order chi connectivity index (χ1) is 9.54. The van der Waals surface area contributed by atoms with Crippen LogP contribution in [-0.4, -0.2) is 0 Å². The smallest absolute Gasteiger partial charge is 0.0239 e. The van der Waals surface area contributed by atoms with Gasteiger partial charge in [-0.2, -0.15) is 0 Å². The molecule has 0 aliphatic heterocycles. The molecule has 0 atom stereocenters. The molecule has 0 saturated carbocycles. The van der Waals surface area contributed by atoms with Crippen molar-refractivity contribution in [2.24, 2.45) is 5.92 Å². The summed E-state index contributed by atoms with van der Waals surface area (Å²) in [4.78, 5) is 0. The normalized spacial score (nSPS) is 14.3. The van der Waals surface area contributed by atoms with Crippen LogP contribution in [0.1, 0.15) is 74.1 Å². The van der Waals surface area contributed by atoms with Crippen molar-refractivity contribution in [1.29, 1.82) is 0 Å². The van der Waals surface area contributed by atoms with Crippen LogP contribution in [-0.2, 0) is 0 Å². The Morgan fingerprint density at radius 1 is 1.20 bits per heavy atom. The van der Waals surface area contributed by atoms with Gasteiger partial charge in [0.05, 0.1) is 0 Å². The van der Waals surface area contributed by atoms with E-state index in [0.29, 0.717) is 0 Å². The summed E-state index contributed by atoms with van der Waals surface area (Å²) in [5.74, 6) is 0.774. The summed E-state index contributed by atoms with van der Waals surface area (Å²) in [6.45, 7) is 18.7. The Hall–Kier alpha value is -1.04. The monoisotopic (exact) mass is 276 g/mol. The molecule has 0 amide bonds. The SMILES string of the molecule is C=C/C=C(\C)C1=CC=C(CC(C)C)CC1.CC.CCC. The summed E-state index contributed by atoms with van der Waals surface area (Å²) in [6, 6.07) is 0. The second-order valence-corrected chi connectivity index (χ2v) is 5.41. The van der Waals surface area contributed by atoms with E-state index < -0.39 is 0 Å². The zero-order valence-electron chi connectivity index (χ0n) is 14.9. The van der Waals surface area contributed by atoms with Crippen LogP contribution < -0.4 is 0 Å². The largest absolute Gasteiger partial charge is 0.0991 e. The van der Waals surface area contributed by atoms with E-state index in [-0.39, 0.29) is 0 Å². The van der Waals surface area contributed by atoms with Crippen molar-refractivity contribution in [1.82, 2.24) is 0 Å². The molecule has 1 rings (SSSR count). The first-order valence-electron chi connectivity index (χ1n) is 8.23. The Morgan fingerprint density at radius 3 is 2.10 bits per heavy atom. The molecule has 1 aliphatic carbocycles. The highest BCUT2D eigenvalue weighted by Gasteiger charge is 2.08. The fraction of sp³-hybridized carbons (Fsp3) is 0.600. The van der Waals surface area contributed by atoms with Crippen LogP contribution in [0.25, 0.3) is 0 Å². The lowest BCUT2D eigenvalue weighted by Crippen LogP contribution is -1.98. The highest BCUT2D eigenvalue weighted by molar-refractivity contribution is 5.38. The second-order valence-electron chi connectivity index (χ2n) is 5.41. The molecular formula is C20H36. The third-order valence-corrected chi connectivity index (χ3v) is 2.78. The highest BCUT2D eigenvalue weighted by atomic mass is 14.1. The molecule has 20 heavy (non-hydrogen) atoms. The van der Waals surface area contributed by atoms with Gasteiger partial charge in [-0.05, 0) is 43.3 Å². The van der Waals surface area contributed by atoms with Crippen LogP contribution in [0.4, 0.5) is 0 Å². The highest BCUT2D eigenvalue weighted by Crippen LogP contribution is 2.27. The third kappa shape index (κ3) is 10.8.